The number of rotatable bonds is 4. The van der Waals surface area contributed by atoms with Gasteiger partial charge in [0.05, 0.1) is 26.2 Å². The van der Waals surface area contributed by atoms with Crippen LogP contribution in [0.25, 0.3) is 0 Å². The van der Waals surface area contributed by atoms with Gasteiger partial charge in [0.2, 0.25) is 5.91 Å². The maximum Gasteiger partial charge on any atom is 0.254 e. The molecule has 6 heteroatoms. The number of carbonyl (C=O) groups is 2. The first-order valence-electron chi connectivity index (χ1n) is 11.2. The van der Waals surface area contributed by atoms with E-state index in [0.29, 0.717) is 28.9 Å². The van der Waals surface area contributed by atoms with Gasteiger partial charge in [0.25, 0.3) is 5.91 Å². The van der Waals surface area contributed by atoms with Crippen molar-refractivity contribution in [2.75, 3.05) is 34.4 Å². The summed E-state index contributed by atoms with van der Waals surface area (Å²) < 4.78 is 10.9. The van der Waals surface area contributed by atoms with Gasteiger partial charge in [0.15, 0.2) is 11.5 Å². The fraction of sp³-hybridized carbons (Fsp3) is 0.462. The number of nitrogens with zero attached hydrogens (tertiary/aromatic N) is 2. The first kappa shape index (κ1) is 22.2. The molecule has 0 spiro atoms. The molecular weight excluding hydrogens is 404 g/mol. The highest BCUT2D eigenvalue weighted by Gasteiger charge is 2.45. The molecule has 6 nitrogen and oxygen atoms in total. The number of ether oxygens (including phenoxy) is 2. The second-order valence-electron chi connectivity index (χ2n) is 9.23. The molecule has 0 N–H and O–H groups in total. The van der Waals surface area contributed by atoms with Crippen molar-refractivity contribution < 1.29 is 19.1 Å². The van der Waals surface area contributed by atoms with Gasteiger partial charge in [-0.15, -0.1) is 0 Å². The number of hydrogen-bond acceptors (Lipinski definition) is 4. The molecule has 0 aromatic heterocycles. The molecule has 1 fully saturated rings. The van der Waals surface area contributed by atoms with E-state index in [-0.39, 0.29) is 11.8 Å². The van der Waals surface area contributed by atoms with Crippen LogP contribution in [0.15, 0.2) is 42.5 Å². The lowest BCUT2D eigenvalue weighted by Gasteiger charge is -2.43. The molecule has 0 unspecified atom stereocenters. The zero-order valence-electron chi connectivity index (χ0n) is 19.5. The molecule has 170 valence electrons. The van der Waals surface area contributed by atoms with Crippen molar-refractivity contribution in [2.24, 2.45) is 11.8 Å². The Balaban J connectivity index is 1.83. The average molecular weight is 437 g/mol. The molecule has 0 bridgehead atoms. The van der Waals surface area contributed by atoms with Gasteiger partial charge in [-0.3, -0.25) is 9.59 Å². The maximum absolute atomic E-state index is 14.1. The molecule has 2 aromatic carbocycles. The second kappa shape index (κ2) is 8.85. The third-order valence-corrected chi connectivity index (χ3v) is 6.78. The summed E-state index contributed by atoms with van der Waals surface area (Å²) in [6.07, 6.45) is 1.13. The average Bonchev–Trinajstić information content (AvgIpc) is 2.79. The van der Waals surface area contributed by atoms with Crippen molar-refractivity contribution in [1.82, 2.24) is 9.80 Å². The lowest BCUT2D eigenvalue weighted by molar-refractivity contribution is -0.137. The zero-order valence-corrected chi connectivity index (χ0v) is 19.5. The Morgan fingerprint density at radius 1 is 0.969 bits per heavy atom. The number of hydrogen-bond donors (Lipinski definition) is 0. The lowest BCUT2D eigenvalue weighted by atomic mass is 9.78. The summed E-state index contributed by atoms with van der Waals surface area (Å²) in [5.74, 6) is 1.63. The van der Waals surface area contributed by atoms with Gasteiger partial charge in [-0.25, -0.2) is 0 Å². The summed E-state index contributed by atoms with van der Waals surface area (Å²) in [5, 5.41) is 0. The summed E-state index contributed by atoms with van der Waals surface area (Å²) in [6.45, 7) is 5.90. The van der Waals surface area contributed by atoms with Crippen LogP contribution in [-0.4, -0.2) is 56.0 Å². The van der Waals surface area contributed by atoms with Crippen molar-refractivity contribution >= 4 is 11.8 Å². The van der Waals surface area contributed by atoms with Crippen LogP contribution < -0.4 is 9.47 Å². The van der Waals surface area contributed by atoms with E-state index >= 15 is 0 Å². The minimum absolute atomic E-state index is 0.0787. The number of fused-ring (bicyclic) bond motifs is 1. The number of amides is 2. The molecule has 4 atom stereocenters. The fourth-order valence-electron chi connectivity index (χ4n) is 5.43. The number of carbonyl (C=O) groups excluding carboxylic acids is 2. The minimum atomic E-state index is -0.482. The molecule has 1 saturated heterocycles. The summed E-state index contributed by atoms with van der Waals surface area (Å²) in [4.78, 5) is 31.0. The first-order valence-corrected chi connectivity index (χ1v) is 11.2. The van der Waals surface area contributed by atoms with Gasteiger partial charge in [-0.1, -0.05) is 38.1 Å². The third kappa shape index (κ3) is 3.83. The third-order valence-electron chi connectivity index (χ3n) is 6.78. The normalized spacial score (nSPS) is 25.3. The van der Waals surface area contributed by atoms with E-state index < -0.39 is 12.0 Å². The van der Waals surface area contributed by atoms with Crippen LogP contribution in [0.1, 0.15) is 53.7 Å². The number of likely N-dealkylation sites (N-methyl/N-ethyl adjacent to an activating group) is 1. The highest BCUT2D eigenvalue weighted by molar-refractivity contribution is 6.01. The molecule has 0 aliphatic carbocycles. The Bertz CT molecular complexity index is 1010. The van der Waals surface area contributed by atoms with E-state index in [1.165, 1.54) is 0 Å². The van der Waals surface area contributed by atoms with Gasteiger partial charge >= 0.3 is 0 Å². The van der Waals surface area contributed by atoms with Crippen LogP contribution >= 0.6 is 0 Å². The van der Waals surface area contributed by atoms with E-state index in [2.05, 4.69) is 13.8 Å². The predicted molar refractivity (Wildman–Crippen MR) is 123 cm³/mol. The van der Waals surface area contributed by atoms with Gasteiger partial charge in [-0.2, -0.15) is 0 Å². The Kier molecular flexibility index (Phi) is 6.13. The van der Waals surface area contributed by atoms with E-state index in [1.807, 2.05) is 47.4 Å². The number of likely N-dealkylation sites (tertiary alicyclic amines) is 1. The Morgan fingerprint density at radius 2 is 1.62 bits per heavy atom. The highest BCUT2D eigenvalue weighted by Crippen LogP contribution is 2.45. The summed E-state index contributed by atoms with van der Waals surface area (Å²) >= 11 is 0. The maximum atomic E-state index is 14.1. The van der Waals surface area contributed by atoms with Crippen LogP contribution in [0.3, 0.4) is 0 Å². The van der Waals surface area contributed by atoms with E-state index in [4.69, 9.17) is 9.47 Å². The fourth-order valence-corrected chi connectivity index (χ4v) is 5.43. The van der Waals surface area contributed by atoms with E-state index in [0.717, 1.165) is 30.6 Å². The van der Waals surface area contributed by atoms with Gasteiger partial charge < -0.3 is 19.3 Å². The molecule has 2 aliphatic rings. The summed E-state index contributed by atoms with van der Waals surface area (Å²) in [7, 11) is 4.96. The van der Waals surface area contributed by atoms with Crippen LogP contribution in [0.5, 0.6) is 11.5 Å². The van der Waals surface area contributed by atoms with Gasteiger partial charge in [0, 0.05) is 25.7 Å². The molecular formula is C26H32N2O4. The smallest absolute Gasteiger partial charge is 0.254 e. The highest BCUT2D eigenvalue weighted by atomic mass is 16.5. The SMILES string of the molecule is COc1ccc([C@@H]2[C@H](C(=O)N3C[C@H](C)C[C@H](C)C3)c3ccccc3C(=O)N2C)cc1OC. The molecule has 0 radical (unpaired) electrons. The standard InChI is InChI=1S/C26H32N2O4/c1-16-12-17(2)15-28(14-16)26(30)23-19-8-6-7-9-20(19)25(29)27(3)24(23)18-10-11-21(31-4)22(13-18)32-5/h6-11,13,16-17,23-24H,12,14-15H2,1-5H3/t16-,17+,23-,24-/m1/s1. The Morgan fingerprint density at radius 3 is 2.28 bits per heavy atom. The van der Waals surface area contributed by atoms with Crippen LogP contribution in [-0.2, 0) is 4.79 Å². The Hall–Kier alpha value is -3.02. The number of piperidine rings is 1. The van der Waals surface area contributed by atoms with Crippen LogP contribution in [0, 0.1) is 11.8 Å². The number of methoxy groups -OCH3 is 2. The summed E-state index contributed by atoms with van der Waals surface area (Å²) in [6, 6.07) is 12.7. The quantitative estimate of drug-likeness (QED) is 0.724. The molecule has 2 aliphatic heterocycles. The van der Waals surface area contributed by atoms with E-state index in [9.17, 15) is 9.59 Å². The summed E-state index contributed by atoms with van der Waals surface area (Å²) in [5.41, 5.74) is 2.25. The van der Waals surface area contributed by atoms with Crippen molar-refractivity contribution in [1.29, 1.82) is 0 Å². The molecule has 2 amide bonds. The van der Waals surface area contributed by atoms with E-state index in [1.54, 1.807) is 26.2 Å². The van der Waals surface area contributed by atoms with Crippen molar-refractivity contribution in [2.45, 2.75) is 32.2 Å². The minimum Gasteiger partial charge on any atom is -0.493 e. The second-order valence-corrected chi connectivity index (χ2v) is 9.23. The number of benzene rings is 2. The van der Waals surface area contributed by atoms with Crippen LogP contribution in [0.2, 0.25) is 0 Å². The van der Waals surface area contributed by atoms with Crippen LogP contribution in [0.4, 0.5) is 0 Å². The van der Waals surface area contributed by atoms with Crippen molar-refractivity contribution in [3.63, 3.8) is 0 Å². The molecule has 32 heavy (non-hydrogen) atoms. The van der Waals surface area contributed by atoms with Crippen molar-refractivity contribution in [3.05, 3.63) is 59.2 Å². The molecule has 4 rings (SSSR count). The first-order chi connectivity index (χ1) is 15.3. The topological polar surface area (TPSA) is 59.1 Å². The molecule has 2 heterocycles. The van der Waals surface area contributed by atoms with Crippen molar-refractivity contribution in [3.8, 4) is 11.5 Å². The molecule has 0 saturated carbocycles. The zero-order chi connectivity index (χ0) is 23.0. The molecule has 2 aromatic rings. The van der Waals surface area contributed by atoms with Gasteiger partial charge in [0.1, 0.15) is 0 Å². The predicted octanol–water partition coefficient (Wildman–Crippen LogP) is 4.12. The largest absolute Gasteiger partial charge is 0.493 e. The van der Waals surface area contributed by atoms with Gasteiger partial charge in [-0.05, 0) is 47.6 Å². The lowest BCUT2D eigenvalue weighted by Crippen LogP contribution is -2.50. The monoisotopic (exact) mass is 436 g/mol. The Labute approximate surface area is 190 Å².